The molecule has 0 unspecified atom stereocenters. The first-order valence-corrected chi connectivity index (χ1v) is 10.1. The third kappa shape index (κ3) is 3.44. The van der Waals surface area contributed by atoms with Crippen molar-refractivity contribution in [3.05, 3.63) is 72.7 Å². The first kappa shape index (κ1) is 18.1. The number of nitrogens with zero attached hydrogens (tertiary/aromatic N) is 3. The number of hydrogen-bond donors (Lipinski definition) is 4. The van der Waals surface area contributed by atoms with Crippen LogP contribution in [0.2, 0.25) is 0 Å². The predicted octanol–water partition coefficient (Wildman–Crippen LogP) is 5.01. The molecular formula is C22H17N5O2S. The molecule has 8 heteroatoms. The van der Waals surface area contributed by atoms with Gasteiger partial charge in [0.2, 0.25) is 0 Å². The molecule has 5 rings (SSSR count). The van der Waals surface area contributed by atoms with Gasteiger partial charge >= 0.3 is 0 Å². The molecule has 0 saturated heterocycles. The maximum Gasteiger partial charge on any atom is 0.157 e. The minimum absolute atomic E-state index is 0.123. The zero-order valence-corrected chi connectivity index (χ0v) is 16.5. The van der Waals surface area contributed by atoms with Gasteiger partial charge < -0.3 is 20.8 Å². The van der Waals surface area contributed by atoms with Gasteiger partial charge in [-0.05, 0) is 54.1 Å². The van der Waals surface area contributed by atoms with E-state index in [1.807, 2.05) is 36.4 Å². The second kappa shape index (κ2) is 7.49. The lowest BCUT2D eigenvalue weighted by molar-refractivity contribution is 0.403. The van der Waals surface area contributed by atoms with E-state index in [1.165, 1.54) is 6.07 Å². The summed E-state index contributed by atoms with van der Waals surface area (Å²) in [5, 5.41) is 26.7. The van der Waals surface area contributed by atoms with Crippen LogP contribution >= 0.6 is 11.3 Å². The van der Waals surface area contributed by atoms with Crippen molar-refractivity contribution in [1.82, 2.24) is 15.0 Å². The fourth-order valence-electron chi connectivity index (χ4n) is 3.19. The summed E-state index contributed by atoms with van der Waals surface area (Å²) in [5.74, 6) is 0.507. The Labute approximate surface area is 175 Å². The Morgan fingerprint density at radius 2 is 1.70 bits per heavy atom. The number of thiophene rings is 1. The van der Waals surface area contributed by atoms with Gasteiger partial charge in [0, 0.05) is 29.5 Å². The van der Waals surface area contributed by atoms with Gasteiger partial charge in [-0.2, -0.15) is 0 Å². The summed E-state index contributed by atoms with van der Waals surface area (Å²) >= 11 is 1.57. The number of aromatic nitrogens is 3. The standard InChI is InChI=1S/C22H17N5O2S/c28-17-8-3-13(10-18(17)29)11-24-14-4-6-15(7-5-14)27-21-20-19(25-12-26-21)16-2-1-9-23-22(16)30-20/h1-10,12,24,28-29H,11H2,(H,25,26,27). The van der Waals surface area contributed by atoms with E-state index in [9.17, 15) is 10.2 Å². The van der Waals surface area contributed by atoms with E-state index in [0.717, 1.165) is 43.2 Å². The van der Waals surface area contributed by atoms with Crippen LogP contribution in [0.3, 0.4) is 0 Å². The van der Waals surface area contributed by atoms with Crippen LogP contribution in [0.15, 0.2) is 67.1 Å². The highest BCUT2D eigenvalue weighted by molar-refractivity contribution is 7.25. The largest absolute Gasteiger partial charge is 0.504 e. The molecule has 0 radical (unpaired) electrons. The molecule has 5 aromatic rings. The summed E-state index contributed by atoms with van der Waals surface area (Å²) in [6.45, 7) is 0.530. The molecule has 0 amide bonds. The molecular weight excluding hydrogens is 398 g/mol. The van der Waals surface area contributed by atoms with Crippen molar-refractivity contribution in [3.63, 3.8) is 0 Å². The number of rotatable bonds is 5. The molecule has 7 nitrogen and oxygen atoms in total. The van der Waals surface area contributed by atoms with Gasteiger partial charge in [-0.1, -0.05) is 6.07 Å². The van der Waals surface area contributed by atoms with E-state index < -0.39 is 0 Å². The fraction of sp³-hybridized carbons (Fsp3) is 0.0455. The molecule has 0 bridgehead atoms. The second-order valence-corrected chi connectivity index (χ2v) is 7.74. The number of fused-ring (bicyclic) bond motifs is 3. The Hall–Kier alpha value is -3.91. The number of nitrogens with one attached hydrogen (secondary N) is 2. The maximum atomic E-state index is 9.60. The van der Waals surface area contributed by atoms with Gasteiger partial charge in [0.05, 0.1) is 10.2 Å². The summed E-state index contributed by atoms with van der Waals surface area (Å²) in [7, 11) is 0. The van der Waals surface area contributed by atoms with Gasteiger partial charge in [0.15, 0.2) is 17.3 Å². The summed E-state index contributed by atoms with van der Waals surface area (Å²) in [4.78, 5) is 14.2. The molecule has 0 atom stereocenters. The van der Waals surface area contributed by atoms with Crippen LogP contribution in [0.4, 0.5) is 17.2 Å². The van der Waals surface area contributed by atoms with Gasteiger partial charge in [-0.3, -0.25) is 0 Å². The van der Waals surface area contributed by atoms with Crippen LogP contribution in [-0.2, 0) is 6.54 Å². The average Bonchev–Trinajstić information content (AvgIpc) is 3.15. The molecule has 0 fully saturated rings. The van der Waals surface area contributed by atoms with Crippen molar-refractivity contribution in [1.29, 1.82) is 0 Å². The third-order valence-electron chi connectivity index (χ3n) is 4.71. The van der Waals surface area contributed by atoms with E-state index in [-0.39, 0.29) is 11.5 Å². The van der Waals surface area contributed by atoms with Crippen molar-refractivity contribution >= 4 is 49.0 Å². The quantitative estimate of drug-likeness (QED) is 0.299. The van der Waals surface area contributed by atoms with Crippen molar-refractivity contribution in [3.8, 4) is 11.5 Å². The van der Waals surface area contributed by atoms with Crippen LogP contribution in [0.25, 0.3) is 20.4 Å². The zero-order valence-electron chi connectivity index (χ0n) is 15.7. The molecule has 148 valence electrons. The van der Waals surface area contributed by atoms with Crippen LogP contribution < -0.4 is 10.6 Å². The summed E-state index contributed by atoms with van der Waals surface area (Å²) in [5.41, 5.74) is 3.62. The zero-order chi connectivity index (χ0) is 20.5. The lowest BCUT2D eigenvalue weighted by atomic mass is 10.2. The monoisotopic (exact) mass is 415 g/mol. The molecule has 0 aliphatic carbocycles. The van der Waals surface area contributed by atoms with Gasteiger partial charge in [-0.25, -0.2) is 15.0 Å². The van der Waals surface area contributed by atoms with Crippen LogP contribution in [0.1, 0.15) is 5.56 Å². The molecule has 30 heavy (non-hydrogen) atoms. The van der Waals surface area contributed by atoms with E-state index in [0.29, 0.717) is 6.54 Å². The highest BCUT2D eigenvalue weighted by atomic mass is 32.1. The van der Waals surface area contributed by atoms with Crippen molar-refractivity contribution in [2.24, 2.45) is 0 Å². The Morgan fingerprint density at radius 3 is 2.53 bits per heavy atom. The number of hydrogen-bond acceptors (Lipinski definition) is 8. The normalized spacial score (nSPS) is 11.1. The number of phenols is 2. The molecule has 2 aromatic carbocycles. The van der Waals surface area contributed by atoms with Crippen molar-refractivity contribution in [2.45, 2.75) is 6.54 Å². The first-order chi connectivity index (χ1) is 14.7. The fourth-order valence-corrected chi connectivity index (χ4v) is 4.23. The minimum atomic E-state index is -0.124. The molecule has 0 aliphatic rings. The van der Waals surface area contributed by atoms with E-state index >= 15 is 0 Å². The molecule has 0 saturated carbocycles. The number of pyridine rings is 1. The molecule has 3 heterocycles. The van der Waals surface area contributed by atoms with E-state index in [1.54, 1.807) is 36.0 Å². The summed E-state index contributed by atoms with van der Waals surface area (Å²) < 4.78 is 0.973. The number of phenolic OH excluding ortho intramolecular Hbond substituents is 2. The Morgan fingerprint density at radius 1 is 0.867 bits per heavy atom. The minimum Gasteiger partial charge on any atom is -0.504 e. The number of aromatic hydroxyl groups is 2. The van der Waals surface area contributed by atoms with Crippen molar-refractivity contribution < 1.29 is 10.2 Å². The van der Waals surface area contributed by atoms with Gasteiger partial charge in [0.1, 0.15) is 11.2 Å². The molecule has 3 aromatic heterocycles. The SMILES string of the molecule is Oc1ccc(CNc2ccc(Nc3ncnc4c3sc3ncccc34)cc2)cc1O. The molecule has 0 aliphatic heterocycles. The van der Waals surface area contributed by atoms with E-state index in [4.69, 9.17) is 0 Å². The molecule has 4 N–H and O–H groups in total. The second-order valence-electron chi connectivity index (χ2n) is 6.74. The Bertz CT molecular complexity index is 1350. The maximum absolute atomic E-state index is 9.60. The highest BCUT2D eigenvalue weighted by Crippen LogP contribution is 2.35. The number of benzene rings is 2. The Kier molecular flexibility index (Phi) is 4.53. The third-order valence-corrected chi connectivity index (χ3v) is 5.82. The van der Waals surface area contributed by atoms with Crippen LogP contribution in [-0.4, -0.2) is 25.2 Å². The number of anilines is 3. The average molecular weight is 415 g/mol. The Balaban J connectivity index is 1.33. The molecule has 0 spiro atoms. The highest BCUT2D eigenvalue weighted by Gasteiger charge is 2.12. The van der Waals surface area contributed by atoms with Crippen LogP contribution in [0, 0.1) is 0 Å². The predicted molar refractivity (Wildman–Crippen MR) is 120 cm³/mol. The van der Waals surface area contributed by atoms with E-state index in [2.05, 4.69) is 25.6 Å². The first-order valence-electron chi connectivity index (χ1n) is 9.27. The van der Waals surface area contributed by atoms with Gasteiger partial charge in [0.25, 0.3) is 0 Å². The van der Waals surface area contributed by atoms with Crippen LogP contribution in [0.5, 0.6) is 11.5 Å². The lowest BCUT2D eigenvalue weighted by Gasteiger charge is -2.10. The topological polar surface area (TPSA) is 103 Å². The smallest absolute Gasteiger partial charge is 0.157 e. The lowest BCUT2D eigenvalue weighted by Crippen LogP contribution is -1.99. The van der Waals surface area contributed by atoms with Gasteiger partial charge in [-0.15, -0.1) is 11.3 Å². The summed E-state index contributed by atoms with van der Waals surface area (Å²) in [6.07, 6.45) is 3.34. The van der Waals surface area contributed by atoms with Crippen molar-refractivity contribution in [2.75, 3.05) is 10.6 Å². The summed E-state index contributed by atoms with van der Waals surface area (Å²) in [6, 6.07) is 16.6.